The molecule has 0 aliphatic heterocycles. The van der Waals surface area contributed by atoms with Crippen molar-refractivity contribution in [2.75, 3.05) is 5.32 Å². The zero-order chi connectivity index (χ0) is 22.7. The smallest absolute Gasteiger partial charge is 0.332 e. The molecular weight excluding hydrogens is 404 g/mol. The van der Waals surface area contributed by atoms with Gasteiger partial charge in [-0.1, -0.05) is 38.1 Å². The molecule has 8 nitrogen and oxygen atoms in total. The summed E-state index contributed by atoms with van der Waals surface area (Å²) in [4.78, 5) is 37.9. The number of aromatic amines is 1. The van der Waals surface area contributed by atoms with Crippen molar-refractivity contribution in [2.24, 2.45) is 0 Å². The first kappa shape index (κ1) is 21.5. The Hall–Kier alpha value is -3.68. The van der Waals surface area contributed by atoms with Crippen LogP contribution in [-0.2, 0) is 19.6 Å². The molecule has 0 bridgehead atoms. The molecule has 166 valence electrons. The zero-order valence-corrected chi connectivity index (χ0v) is 18.7. The predicted molar refractivity (Wildman–Crippen MR) is 127 cm³/mol. The van der Waals surface area contributed by atoms with Gasteiger partial charge in [0.05, 0.1) is 0 Å². The third-order valence-corrected chi connectivity index (χ3v) is 5.51. The minimum atomic E-state index is -0.331. The number of nitrogens with one attached hydrogen (secondary N) is 2. The fraction of sp³-hybridized carbons (Fsp3) is 0.333. The van der Waals surface area contributed by atoms with Crippen molar-refractivity contribution in [2.45, 2.75) is 53.2 Å². The number of benzene rings is 1. The number of pyridine rings is 1. The number of fused-ring (bicyclic) bond motifs is 1. The molecule has 32 heavy (non-hydrogen) atoms. The lowest BCUT2D eigenvalue weighted by molar-refractivity contribution is 0.555. The Morgan fingerprint density at radius 2 is 1.75 bits per heavy atom. The molecule has 1 aromatic carbocycles. The highest BCUT2D eigenvalue weighted by Gasteiger charge is 2.17. The second kappa shape index (κ2) is 9.21. The highest BCUT2D eigenvalue weighted by molar-refractivity contribution is 5.75. The summed E-state index contributed by atoms with van der Waals surface area (Å²) in [6, 6.07) is 12.0. The Bertz CT molecular complexity index is 1350. The van der Waals surface area contributed by atoms with Gasteiger partial charge < -0.3 is 10.3 Å². The first-order valence-electron chi connectivity index (χ1n) is 11.0. The fourth-order valence-electron chi connectivity index (χ4n) is 3.78. The van der Waals surface area contributed by atoms with Crippen LogP contribution in [-0.4, -0.2) is 24.1 Å². The molecule has 3 heterocycles. The molecule has 0 amide bonds. The Morgan fingerprint density at radius 1 is 1.00 bits per heavy atom. The normalized spacial score (nSPS) is 11.2. The summed E-state index contributed by atoms with van der Waals surface area (Å²) in [6.07, 6.45) is 3.18. The van der Waals surface area contributed by atoms with E-state index in [1.165, 1.54) is 15.7 Å². The van der Waals surface area contributed by atoms with E-state index in [2.05, 4.69) is 39.3 Å². The van der Waals surface area contributed by atoms with E-state index in [9.17, 15) is 9.59 Å². The van der Waals surface area contributed by atoms with Crippen molar-refractivity contribution < 1.29 is 0 Å². The highest BCUT2D eigenvalue weighted by Crippen LogP contribution is 2.19. The van der Waals surface area contributed by atoms with Gasteiger partial charge in [0.15, 0.2) is 5.65 Å². The number of H-pyrrole nitrogens is 1. The van der Waals surface area contributed by atoms with E-state index in [4.69, 9.17) is 0 Å². The maximum atomic E-state index is 12.9. The molecule has 0 aliphatic carbocycles. The Morgan fingerprint density at radius 3 is 2.44 bits per heavy atom. The van der Waals surface area contributed by atoms with Crippen molar-refractivity contribution in [3.05, 3.63) is 74.6 Å². The summed E-state index contributed by atoms with van der Waals surface area (Å²) < 4.78 is 2.87. The number of nitrogens with zero attached hydrogens (tertiary/aromatic N) is 4. The van der Waals surface area contributed by atoms with E-state index in [0.29, 0.717) is 43.0 Å². The first-order valence-corrected chi connectivity index (χ1v) is 11.0. The SMILES string of the molecule is CCCn1c(=O)c2[nH]c(-c3ccc(NCc4ccccc4C)nc3)nc2n(CCC)c1=O. The molecule has 0 spiro atoms. The lowest BCUT2D eigenvalue weighted by Gasteiger charge is -2.09. The molecule has 4 aromatic rings. The van der Waals surface area contributed by atoms with Gasteiger partial charge in [-0.25, -0.2) is 14.8 Å². The summed E-state index contributed by atoms with van der Waals surface area (Å²) in [5.74, 6) is 1.27. The molecule has 0 saturated heterocycles. The summed E-state index contributed by atoms with van der Waals surface area (Å²) in [5, 5.41) is 3.33. The Kier molecular flexibility index (Phi) is 6.20. The Labute approximate surface area is 186 Å². The summed E-state index contributed by atoms with van der Waals surface area (Å²) >= 11 is 0. The van der Waals surface area contributed by atoms with Gasteiger partial charge in [0.25, 0.3) is 5.56 Å². The number of aromatic nitrogens is 5. The van der Waals surface area contributed by atoms with Crippen molar-refractivity contribution >= 4 is 17.0 Å². The van der Waals surface area contributed by atoms with Gasteiger partial charge in [-0.2, -0.15) is 0 Å². The second-order valence-electron chi connectivity index (χ2n) is 7.89. The number of hydrogen-bond donors (Lipinski definition) is 2. The minimum Gasteiger partial charge on any atom is -0.366 e. The number of anilines is 1. The van der Waals surface area contributed by atoms with Crippen LogP contribution < -0.4 is 16.6 Å². The average Bonchev–Trinajstić information content (AvgIpc) is 3.25. The molecule has 0 saturated carbocycles. The lowest BCUT2D eigenvalue weighted by atomic mass is 10.1. The van der Waals surface area contributed by atoms with E-state index < -0.39 is 0 Å². The standard InChI is InChI=1S/C24H28N6O2/c1-4-12-29-22-20(23(31)30(13-5-2)24(29)32)27-21(28-22)18-10-11-19(26-15-18)25-14-17-9-7-6-8-16(17)3/h6-11,15H,4-5,12-14H2,1-3H3,(H,25,26)(H,27,28). The van der Waals surface area contributed by atoms with E-state index in [1.54, 1.807) is 10.8 Å². The molecule has 4 rings (SSSR count). The van der Waals surface area contributed by atoms with Crippen LogP contribution in [0.4, 0.5) is 5.82 Å². The molecule has 0 aliphatic rings. The van der Waals surface area contributed by atoms with Crippen molar-refractivity contribution in [1.82, 2.24) is 24.1 Å². The van der Waals surface area contributed by atoms with Gasteiger partial charge in [0.1, 0.15) is 17.2 Å². The molecule has 8 heteroatoms. The van der Waals surface area contributed by atoms with Crippen molar-refractivity contribution in [1.29, 1.82) is 0 Å². The average molecular weight is 433 g/mol. The lowest BCUT2D eigenvalue weighted by Crippen LogP contribution is -2.40. The van der Waals surface area contributed by atoms with Gasteiger partial charge in [-0.05, 0) is 43.0 Å². The molecule has 3 aromatic heterocycles. The van der Waals surface area contributed by atoms with Crippen LogP contribution in [0.1, 0.15) is 37.8 Å². The minimum absolute atomic E-state index is 0.307. The van der Waals surface area contributed by atoms with E-state index in [1.807, 2.05) is 38.1 Å². The molecule has 2 N–H and O–H groups in total. The maximum Gasteiger partial charge on any atom is 0.332 e. The van der Waals surface area contributed by atoms with Gasteiger partial charge in [-0.3, -0.25) is 13.9 Å². The van der Waals surface area contributed by atoms with Crippen LogP contribution in [0.15, 0.2) is 52.2 Å². The molecular formula is C24H28N6O2. The molecule has 0 radical (unpaired) electrons. The summed E-state index contributed by atoms with van der Waals surface area (Å²) in [7, 11) is 0. The largest absolute Gasteiger partial charge is 0.366 e. The van der Waals surface area contributed by atoms with Gasteiger partial charge in [0, 0.05) is 31.4 Å². The van der Waals surface area contributed by atoms with Crippen LogP contribution in [0.25, 0.3) is 22.6 Å². The number of rotatable bonds is 8. The van der Waals surface area contributed by atoms with Gasteiger partial charge in [0.2, 0.25) is 0 Å². The van der Waals surface area contributed by atoms with Crippen molar-refractivity contribution in [3.8, 4) is 11.4 Å². The van der Waals surface area contributed by atoms with Crippen LogP contribution in [0, 0.1) is 6.92 Å². The zero-order valence-electron chi connectivity index (χ0n) is 18.7. The van der Waals surface area contributed by atoms with Crippen LogP contribution >= 0.6 is 0 Å². The van der Waals surface area contributed by atoms with Gasteiger partial charge in [-0.15, -0.1) is 0 Å². The number of hydrogen-bond acceptors (Lipinski definition) is 5. The van der Waals surface area contributed by atoms with Crippen LogP contribution in [0.3, 0.4) is 0 Å². The highest BCUT2D eigenvalue weighted by atomic mass is 16.2. The topological polar surface area (TPSA) is 97.6 Å². The van der Waals surface area contributed by atoms with Crippen molar-refractivity contribution in [3.63, 3.8) is 0 Å². The summed E-state index contributed by atoms with van der Waals surface area (Å²) in [6.45, 7) is 7.59. The van der Waals surface area contributed by atoms with E-state index in [-0.39, 0.29) is 11.2 Å². The Balaban J connectivity index is 1.65. The van der Waals surface area contributed by atoms with Gasteiger partial charge >= 0.3 is 5.69 Å². The van der Waals surface area contributed by atoms with E-state index in [0.717, 1.165) is 17.8 Å². The summed E-state index contributed by atoms with van der Waals surface area (Å²) in [5.41, 5.74) is 3.30. The molecule has 0 fully saturated rings. The maximum absolute atomic E-state index is 12.9. The molecule has 0 unspecified atom stereocenters. The third kappa shape index (κ3) is 4.08. The predicted octanol–water partition coefficient (Wildman–Crippen LogP) is 3.69. The number of aryl methyl sites for hydroxylation is 2. The third-order valence-electron chi connectivity index (χ3n) is 5.51. The molecule has 0 atom stereocenters. The quantitative estimate of drug-likeness (QED) is 0.443. The first-order chi connectivity index (χ1) is 15.5. The fourth-order valence-corrected chi connectivity index (χ4v) is 3.78. The van der Waals surface area contributed by atoms with Crippen LogP contribution in [0.2, 0.25) is 0 Å². The second-order valence-corrected chi connectivity index (χ2v) is 7.89. The van der Waals surface area contributed by atoms with E-state index >= 15 is 0 Å². The monoisotopic (exact) mass is 432 g/mol. The number of imidazole rings is 1. The van der Waals surface area contributed by atoms with Crippen LogP contribution in [0.5, 0.6) is 0 Å².